The SMILES string of the molecule is C1CCCC(C2C3CC4CC(C3)CC2C4)CCC1. The average Bonchev–Trinajstić information content (AvgIpc) is 2.29. The maximum atomic E-state index is 1.63. The summed E-state index contributed by atoms with van der Waals surface area (Å²) in [4.78, 5) is 0. The van der Waals surface area contributed by atoms with Crippen molar-refractivity contribution in [3.05, 3.63) is 0 Å². The quantitative estimate of drug-likeness (QED) is 0.579. The van der Waals surface area contributed by atoms with E-state index in [1.54, 1.807) is 57.8 Å². The lowest BCUT2D eigenvalue weighted by atomic mass is 9.49. The lowest BCUT2D eigenvalue weighted by Gasteiger charge is -2.57. The average molecular weight is 246 g/mol. The lowest BCUT2D eigenvalue weighted by molar-refractivity contribution is -0.0659. The molecule has 5 aliphatic rings. The fraction of sp³-hybridized carbons (Fsp3) is 1.00. The van der Waals surface area contributed by atoms with Crippen molar-refractivity contribution in [2.24, 2.45) is 35.5 Å². The molecule has 0 aromatic rings. The van der Waals surface area contributed by atoms with Crippen molar-refractivity contribution in [3.63, 3.8) is 0 Å². The van der Waals surface area contributed by atoms with E-state index in [1.165, 1.54) is 37.0 Å². The molecule has 5 saturated carbocycles. The molecule has 0 spiro atoms. The molecule has 5 rings (SSSR count). The Kier molecular flexibility index (Phi) is 3.17. The van der Waals surface area contributed by atoms with E-state index in [-0.39, 0.29) is 0 Å². The van der Waals surface area contributed by atoms with E-state index in [0.29, 0.717) is 0 Å². The highest BCUT2D eigenvalue weighted by Gasteiger charge is 2.49. The van der Waals surface area contributed by atoms with Gasteiger partial charge in [-0.05, 0) is 67.6 Å². The van der Waals surface area contributed by atoms with Gasteiger partial charge < -0.3 is 0 Å². The smallest absolute Gasteiger partial charge is 0.0329 e. The summed E-state index contributed by atoms with van der Waals surface area (Å²) in [6.07, 6.45) is 19.0. The third-order valence-corrected chi connectivity index (χ3v) is 6.99. The Balaban J connectivity index is 1.49. The molecule has 0 aliphatic heterocycles. The molecule has 0 aromatic heterocycles. The van der Waals surface area contributed by atoms with E-state index in [2.05, 4.69) is 0 Å². The van der Waals surface area contributed by atoms with Gasteiger partial charge in [0.25, 0.3) is 0 Å². The molecule has 5 fully saturated rings. The standard InChI is InChI=1S/C18H30/c1-2-4-6-15(7-5-3-1)18-16-9-13-8-14(11-16)12-17(18)10-13/h13-18H,1-12H2. The zero-order valence-electron chi connectivity index (χ0n) is 11.9. The van der Waals surface area contributed by atoms with Gasteiger partial charge in [-0.2, -0.15) is 0 Å². The molecule has 0 radical (unpaired) electrons. The zero-order valence-corrected chi connectivity index (χ0v) is 11.9. The molecule has 0 unspecified atom stereocenters. The second-order valence-electron chi connectivity index (χ2n) is 8.11. The summed E-state index contributed by atoms with van der Waals surface area (Å²) in [6, 6.07) is 0. The summed E-state index contributed by atoms with van der Waals surface area (Å²) >= 11 is 0. The number of hydrogen-bond acceptors (Lipinski definition) is 0. The molecular formula is C18H30. The Hall–Kier alpha value is 0. The fourth-order valence-electron chi connectivity index (χ4n) is 6.61. The van der Waals surface area contributed by atoms with Crippen molar-refractivity contribution in [1.29, 1.82) is 0 Å². The maximum Gasteiger partial charge on any atom is -0.0329 e. The minimum absolute atomic E-state index is 1.14. The van der Waals surface area contributed by atoms with Gasteiger partial charge in [0.05, 0.1) is 0 Å². The van der Waals surface area contributed by atoms with Gasteiger partial charge in [-0.15, -0.1) is 0 Å². The molecule has 0 saturated heterocycles. The third kappa shape index (κ3) is 2.04. The van der Waals surface area contributed by atoms with Gasteiger partial charge >= 0.3 is 0 Å². The molecule has 0 atom stereocenters. The number of rotatable bonds is 1. The van der Waals surface area contributed by atoms with Crippen LogP contribution in [0, 0.1) is 35.5 Å². The largest absolute Gasteiger partial charge is 0.0533 e. The molecule has 102 valence electrons. The molecule has 0 N–H and O–H groups in total. The summed E-state index contributed by atoms with van der Waals surface area (Å²) in [5, 5.41) is 0. The summed E-state index contributed by atoms with van der Waals surface area (Å²) in [7, 11) is 0. The van der Waals surface area contributed by atoms with E-state index in [9.17, 15) is 0 Å². The summed E-state index contributed by atoms with van der Waals surface area (Å²) in [5.41, 5.74) is 0. The highest BCUT2D eigenvalue weighted by atomic mass is 14.5. The second kappa shape index (κ2) is 4.84. The Morgan fingerprint density at radius 1 is 0.444 bits per heavy atom. The van der Waals surface area contributed by atoms with Crippen LogP contribution >= 0.6 is 0 Å². The summed E-state index contributed by atoms with van der Waals surface area (Å²) in [5.74, 6) is 6.99. The maximum absolute atomic E-state index is 1.63. The predicted octanol–water partition coefficient (Wildman–Crippen LogP) is 5.42. The van der Waals surface area contributed by atoms with Gasteiger partial charge in [0.2, 0.25) is 0 Å². The van der Waals surface area contributed by atoms with E-state index in [0.717, 1.165) is 17.8 Å². The Bertz CT molecular complexity index is 256. The molecule has 18 heavy (non-hydrogen) atoms. The van der Waals surface area contributed by atoms with Crippen LogP contribution < -0.4 is 0 Å². The first-order chi connectivity index (χ1) is 8.90. The topological polar surface area (TPSA) is 0 Å². The van der Waals surface area contributed by atoms with Crippen LogP contribution in [0.3, 0.4) is 0 Å². The van der Waals surface area contributed by atoms with Gasteiger partial charge in [0.1, 0.15) is 0 Å². The normalized spacial score (nSPS) is 49.0. The highest BCUT2D eigenvalue weighted by molar-refractivity contribution is 4.99. The second-order valence-corrected chi connectivity index (χ2v) is 8.11. The van der Waals surface area contributed by atoms with Crippen LogP contribution in [0.25, 0.3) is 0 Å². The van der Waals surface area contributed by atoms with E-state index in [1.807, 2.05) is 0 Å². The lowest BCUT2D eigenvalue weighted by Crippen LogP contribution is -2.47. The van der Waals surface area contributed by atoms with Crippen molar-refractivity contribution in [3.8, 4) is 0 Å². The van der Waals surface area contributed by atoms with Crippen LogP contribution in [0.1, 0.15) is 77.0 Å². The molecular weight excluding hydrogens is 216 g/mol. The minimum Gasteiger partial charge on any atom is -0.0533 e. The van der Waals surface area contributed by atoms with E-state index in [4.69, 9.17) is 0 Å². The predicted molar refractivity (Wildman–Crippen MR) is 76.3 cm³/mol. The van der Waals surface area contributed by atoms with Crippen molar-refractivity contribution in [2.75, 3.05) is 0 Å². The van der Waals surface area contributed by atoms with Gasteiger partial charge in [0.15, 0.2) is 0 Å². The van der Waals surface area contributed by atoms with Crippen molar-refractivity contribution < 1.29 is 0 Å². The van der Waals surface area contributed by atoms with Crippen LogP contribution in [0.2, 0.25) is 0 Å². The first kappa shape index (κ1) is 11.8. The Morgan fingerprint density at radius 3 is 1.50 bits per heavy atom. The molecule has 5 aliphatic carbocycles. The number of hydrogen-bond donors (Lipinski definition) is 0. The van der Waals surface area contributed by atoms with Gasteiger partial charge in [-0.3, -0.25) is 0 Å². The van der Waals surface area contributed by atoms with Gasteiger partial charge in [0, 0.05) is 0 Å². The molecule has 4 bridgehead atoms. The molecule has 0 heteroatoms. The van der Waals surface area contributed by atoms with Gasteiger partial charge in [-0.1, -0.05) is 44.9 Å². The molecule has 0 nitrogen and oxygen atoms in total. The van der Waals surface area contributed by atoms with Crippen LogP contribution in [0.15, 0.2) is 0 Å². The minimum atomic E-state index is 1.14. The van der Waals surface area contributed by atoms with E-state index >= 15 is 0 Å². The summed E-state index contributed by atoms with van der Waals surface area (Å²) in [6.45, 7) is 0. The van der Waals surface area contributed by atoms with Crippen molar-refractivity contribution in [1.82, 2.24) is 0 Å². The van der Waals surface area contributed by atoms with Crippen LogP contribution in [-0.2, 0) is 0 Å². The van der Waals surface area contributed by atoms with Crippen LogP contribution in [-0.4, -0.2) is 0 Å². The molecule has 0 heterocycles. The third-order valence-electron chi connectivity index (χ3n) is 6.99. The van der Waals surface area contributed by atoms with Crippen LogP contribution in [0.4, 0.5) is 0 Å². The first-order valence-electron chi connectivity index (χ1n) is 8.90. The fourth-order valence-corrected chi connectivity index (χ4v) is 6.61. The van der Waals surface area contributed by atoms with Gasteiger partial charge in [-0.25, -0.2) is 0 Å². The van der Waals surface area contributed by atoms with Crippen molar-refractivity contribution in [2.45, 2.75) is 77.0 Å². The monoisotopic (exact) mass is 246 g/mol. The molecule has 0 amide bonds. The summed E-state index contributed by atoms with van der Waals surface area (Å²) < 4.78 is 0. The molecule has 0 aromatic carbocycles. The zero-order chi connectivity index (χ0) is 11.9. The van der Waals surface area contributed by atoms with E-state index < -0.39 is 0 Å². The Morgan fingerprint density at radius 2 is 0.944 bits per heavy atom. The highest BCUT2D eigenvalue weighted by Crippen LogP contribution is 2.59. The van der Waals surface area contributed by atoms with Crippen LogP contribution in [0.5, 0.6) is 0 Å². The van der Waals surface area contributed by atoms with Crippen molar-refractivity contribution >= 4 is 0 Å². The first-order valence-corrected chi connectivity index (χ1v) is 8.90. The Labute approximate surface area is 113 Å².